The molecule has 88 valence electrons. The lowest BCUT2D eigenvalue weighted by Gasteiger charge is -2.30. The van der Waals surface area contributed by atoms with E-state index in [0.717, 1.165) is 5.69 Å². The van der Waals surface area contributed by atoms with Gasteiger partial charge in [0.05, 0.1) is 5.54 Å². The Morgan fingerprint density at radius 1 is 1.25 bits per heavy atom. The first-order valence-electron chi connectivity index (χ1n) is 5.67. The number of rotatable bonds is 4. The van der Waals surface area contributed by atoms with Crippen molar-refractivity contribution in [2.24, 2.45) is 5.73 Å². The highest BCUT2D eigenvalue weighted by Crippen LogP contribution is 2.19. The molecule has 0 aliphatic carbocycles. The van der Waals surface area contributed by atoms with Gasteiger partial charge >= 0.3 is 0 Å². The zero-order valence-corrected chi connectivity index (χ0v) is 10.2. The maximum atomic E-state index is 12.2. The van der Waals surface area contributed by atoms with Crippen LogP contribution in [0.5, 0.6) is 0 Å². The molecular weight excluding hydrogens is 200 g/mol. The fourth-order valence-corrected chi connectivity index (χ4v) is 1.66. The molecule has 3 nitrogen and oxygen atoms in total. The first-order valence-corrected chi connectivity index (χ1v) is 5.67. The number of para-hydroxylation sites is 1. The highest BCUT2D eigenvalue weighted by atomic mass is 16.2. The number of nitrogens with zero attached hydrogens (tertiary/aromatic N) is 1. The molecule has 1 rings (SSSR count). The van der Waals surface area contributed by atoms with Gasteiger partial charge in [0.2, 0.25) is 5.91 Å². The van der Waals surface area contributed by atoms with E-state index in [1.165, 1.54) is 0 Å². The fourth-order valence-electron chi connectivity index (χ4n) is 1.66. The van der Waals surface area contributed by atoms with Crippen LogP contribution < -0.4 is 10.6 Å². The normalized spacial score (nSPS) is 11.2. The largest absolute Gasteiger partial charge is 0.317 e. The van der Waals surface area contributed by atoms with Gasteiger partial charge in [0.15, 0.2) is 0 Å². The molecule has 16 heavy (non-hydrogen) atoms. The van der Waals surface area contributed by atoms with E-state index >= 15 is 0 Å². The summed E-state index contributed by atoms with van der Waals surface area (Å²) >= 11 is 0. The molecule has 0 aliphatic heterocycles. The van der Waals surface area contributed by atoms with Crippen molar-refractivity contribution < 1.29 is 4.79 Å². The summed E-state index contributed by atoms with van der Waals surface area (Å²) in [6.07, 6.45) is 1.30. The van der Waals surface area contributed by atoms with Gasteiger partial charge in [0.1, 0.15) is 0 Å². The van der Waals surface area contributed by atoms with Gasteiger partial charge in [-0.1, -0.05) is 32.0 Å². The molecule has 0 spiro atoms. The van der Waals surface area contributed by atoms with Crippen molar-refractivity contribution >= 4 is 11.6 Å². The predicted octanol–water partition coefficient (Wildman–Crippen LogP) is 2.17. The van der Waals surface area contributed by atoms with Gasteiger partial charge < -0.3 is 10.6 Å². The number of benzene rings is 1. The van der Waals surface area contributed by atoms with Crippen LogP contribution in [0.3, 0.4) is 0 Å². The van der Waals surface area contributed by atoms with E-state index in [-0.39, 0.29) is 5.91 Å². The summed E-state index contributed by atoms with van der Waals surface area (Å²) in [5.74, 6) is -0.0244. The average Bonchev–Trinajstić information content (AvgIpc) is 2.37. The third-order valence-electron chi connectivity index (χ3n) is 3.14. The average molecular weight is 220 g/mol. The number of anilines is 1. The van der Waals surface area contributed by atoms with E-state index in [2.05, 4.69) is 0 Å². The van der Waals surface area contributed by atoms with E-state index in [9.17, 15) is 4.79 Å². The molecule has 1 amide bonds. The third kappa shape index (κ3) is 2.42. The Morgan fingerprint density at radius 3 is 2.19 bits per heavy atom. The number of carbonyl (C=O) groups excluding carboxylic acids is 1. The topological polar surface area (TPSA) is 46.3 Å². The molecule has 0 aromatic heterocycles. The van der Waals surface area contributed by atoms with Gasteiger partial charge in [-0.3, -0.25) is 4.79 Å². The van der Waals surface area contributed by atoms with Crippen molar-refractivity contribution in [3.63, 3.8) is 0 Å². The van der Waals surface area contributed by atoms with Crippen molar-refractivity contribution in [3.8, 4) is 0 Å². The molecule has 0 heterocycles. The van der Waals surface area contributed by atoms with Gasteiger partial charge in [-0.05, 0) is 25.0 Å². The zero-order valence-electron chi connectivity index (χ0n) is 10.2. The molecule has 3 heteroatoms. The first-order chi connectivity index (χ1) is 7.55. The lowest BCUT2D eigenvalue weighted by Crippen LogP contribution is -2.53. The minimum atomic E-state index is -0.745. The monoisotopic (exact) mass is 220 g/mol. The van der Waals surface area contributed by atoms with Crippen LogP contribution in [0.15, 0.2) is 30.3 Å². The number of nitrogens with two attached hydrogens (primary N) is 1. The third-order valence-corrected chi connectivity index (χ3v) is 3.14. The fraction of sp³-hybridized carbons (Fsp3) is 0.462. The van der Waals surface area contributed by atoms with Gasteiger partial charge in [-0.15, -0.1) is 0 Å². The quantitative estimate of drug-likeness (QED) is 0.845. The molecule has 0 saturated heterocycles. The molecule has 2 N–H and O–H groups in total. The number of likely N-dealkylation sites (N-methyl/N-ethyl adjacent to an activating group) is 1. The Labute approximate surface area is 97.2 Å². The second-order valence-electron chi connectivity index (χ2n) is 4.06. The lowest BCUT2D eigenvalue weighted by atomic mass is 9.92. The maximum Gasteiger partial charge on any atom is 0.246 e. The molecule has 0 unspecified atom stereocenters. The second kappa shape index (κ2) is 5.12. The van der Waals surface area contributed by atoms with Crippen LogP contribution in [0.2, 0.25) is 0 Å². The summed E-state index contributed by atoms with van der Waals surface area (Å²) in [5, 5.41) is 0. The van der Waals surface area contributed by atoms with Gasteiger partial charge in [0, 0.05) is 12.7 Å². The number of hydrogen-bond acceptors (Lipinski definition) is 2. The van der Waals surface area contributed by atoms with Crippen LogP contribution in [0, 0.1) is 0 Å². The van der Waals surface area contributed by atoms with E-state index in [1.807, 2.05) is 44.2 Å². The molecule has 0 fully saturated rings. The smallest absolute Gasteiger partial charge is 0.246 e. The number of amides is 1. The van der Waals surface area contributed by atoms with Crippen molar-refractivity contribution in [1.82, 2.24) is 0 Å². The van der Waals surface area contributed by atoms with Crippen LogP contribution in [0.4, 0.5) is 5.69 Å². The van der Waals surface area contributed by atoms with Crippen LogP contribution in [-0.2, 0) is 4.79 Å². The Hall–Kier alpha value is -1.35. The molecule has 0 atom stereocenters. The second-order valence-corrected chi connectivity index (χ2v) is 4.06. The van der Waals surface area contributed by atoms with Crippen LogP contribution in [0.1, 0.15) is 26.7 Å². The predicted molar refractivity (Wildman–Crippen MR) is 67.4 cm³/mol. The van der Waals surface area contributed by atoms with Crippen molar-refractivity contribution in [3.05, 3.63) is 30.3 Å². The Balaban J connectivity index is 2.90. The summed E-state index contributed by atoms with van der Waals surface area (Å²) in [4.78, 5) is 13.9. The van der Waals surface area contributed by atoms with Crippen molar-refractivity contribution in [2.75, 3.05) is 11.9 Å². The highest BCUT2D eigenvalue weighted by Gasteiger charge is 2.32. The highest BCUT2D eigenvalue weighted by molar-refractivity contribution is 5.99. The Bertz CT molecular complexity index is 344. The minimum absolute atomic E-state index is 0.0244. The summed E-state index contributed by atoms with van der Waals surface area (Å²) in [5.41, 5.74) is 6.22. The van der Waals surface area contributed by atoms with Crippen molar-refractivity contribution in [2.45, 2.75) is 32.2 Å². The minimum Gasteiger partial charge on any atom is -0.317 e. The van der Waals surface area contributed by atoms with Crippen LogP contribution in [0.25, 0.3) is 0 Å². The molecule has 0 radical (unpaired) electrons. The van der Waals surface area contributed by atoms with Crippen LogP contribution in [-0.4, -0.2) is 18.5 Å². The van der Waals surface area contributed by atoms with E-state index in [4.69, 9.17) is 5.73 Å². The van der Waals surface area contributed by atoms with Crippen molar-refractivity contribution in [1.29, 1.82) is 0 Å². The molecule has 0 bridgehead atoms. The molecule has 1 aromatic rings. The number of carbonyl (C=O) groups is 1. The van der Waals surface area contributed by atoms with E-state index in [1.54, 1.807) is 11.9 Å². The summed E-state index contributed by atoms with van der Waals surface area (Å²) < 4.78 is 0. The van der Waals surface area contributed by atoms with E-state index < -0.39 is 5.54 Å². The van der Waals surface area contributed by atoms with Gasteiger partial charge in [-0.2, -0.15) is 0 Å². The number of hydrogen-bond donors (Lipinski definition) is 1. The lowest BCUT2D eigenvalue weighted by molar-refractivity contribution is -0.123. The Morgan fingerprint density at radius 2 is 1.75 bits per heavy atom. The molecule has 1 aromatic carbocycles. The van der Waals surface area contributed by atoms with Crippen LogP contribution >= 0.6 is 0 Å². The van der Waals surface area contributed by atoms with Gasteiger partial charge in [0.25, 0.3) is 0 Å². The molecule has 0 aliphatic rings. The molecule has 0 saturated carbocycles. The summed E-state index contributed by atoms with van der Waals surface area (Å²) in [6.45, 7) is 3.89. The molecular formula is C13H20N2O. The zero-order chi connectivity index (χ0) is 12.2. The van der Waals surface area contributed by atoms with Gasteiger partial charge in [-0.25, -0.2) is 0 Å². The van der Waals surface area contributed by atoms with E-state index in [0.29, 0.717) is 12.8 Å². The SMILES string of the molecule is CCC(N)(CC)C(=O)N(C)c1ccccc1. The summed E-state index contributed by atoms with van der Waals surface area (Å²) in [6, 6.07) is 9.56. The first kappa shape index (κ1) is 12.7. The standard InChI is InChI=1S/C13H20N2O/c1-4-13(14,5-2)12(16)15(3)11-9-7-6-8-10-11/h6-10H,4-5,14H2,1-3H3. The maximum absolute atomic E-state index is 12.2. The summed E-state index contributed by atoms with van der Waals surface area (Å²) in [7, 11) is 1.77. The Kier molecular flexibility index (Phi) is 4.07.